The molecule has 2 aromatic rings. The number of aromatic nitrogens is 1. The van der Waals surface area contributed by atoms with Gasteiger partial charge in [0.05, 0.1) is 0 Å². The summed E-state index contributed by atoms with van der Waals surface area (Å²) in [5.41, 5.74) is 10.6. The number of nitrogen functional groups attached to an aromatic ring is 1. The lowest BCUT2D eigenvalue weighted by molar-refractivity contribution is -0.379. The van der Waals surface area contributed by atoms with Gasteiger partial charge in [-0.05, 0) is 18.6 Å². The average molecular weight is 266 g/mol. The van der Waals surface area contributed by atoms with E-state index in [1.807, 2.05) is 37.3 Å². The van der Waals surface area contributed by atoms with Crippen LogP contribution in [0.25, 0.3) is 11.1 Å². The van der Waals surface area contributed by atoms with E-state index in [0.29, 0.717) is 11.4 Å². The third kappa shape index (κ3) is 2.65. The maximum atomic E-state index is 9.36. The molecular weight excluding hydrogens is 246 g/mol. The van der Waals surface area contributed by atoms with Gasteiger partial charge in [0, 0.05) is 11.0 Å². The van der Waals surface area contributed by atoms with Crippen molar-refractivity contribution in [3.05, 3.63) is 47.2 Å². The first-order chi connectivity index (χ1) is 9.32. The van der Waals surface area contributed by atoms with Gasteiger partial charge in [-0.25, -0.2) is 4.98 Å². The number of nitrogens with zero attached hydrogens (tertiary/aromatic N) is 1. The Morgan fingerprint density at radius 3 is 2.25 bits per heavy atom. The summed E-state index contributed by atoms with van der Waals surface area (Å²) in [6.45, 7) is 8.39. The number of aryl methyl sites for hydroxylation is 1. The Morgan fingerprint density at radius 2 is 1.75 bits per heavy atom. The summed E-state index contributed by atoms with van der Waals surface area (Å²) in [5.74, 6) is 0.426. The molecule has 0 fully saturated rings. The minimum atomic E-state index is -0.0540. The molecule has 1 aromatic heterocycles. The molecule has 3 N–H and O–H groups in total. The molecule has 3 heteroatoms. The lowest BCUT2D eigenvalue weighted by atomic mass is 9.88. The predicted octanol–water partition coefficient (Wildman–Crippen LogP) is 3.23. The number of nitrogens with two attached hydrogens (primary N) is 1. The Kier molecular flexibility index (Phi) is 3.50. The third-order valence-electron chi connectivity index (χ3n) is 3.38. The molecule has 0 saturated carbocycles. The number of H-pyrrole nitrogens is 1. The highest BCUT2D eigenvalue weighted by atomic mass is 14.9. The molecule has 0 spiro atoms. The molecule has 0 radical (unpaired) electrons. The van der Waals surface area contributed by atoms with Crippen molar-refractivity contribution < 1.29 is 4.98 Å². The quantitative estimate of drug-likeness (QED) is 0.861. The second kappa shape index (κ2) is 4.97. The summed E-state index contributed by atoms with van der Waals surface area (Å²) in [6.07, 6.45) is 0. The first-order valence-corrected chi connectivity index (χ1v) is 6.66. The van der Waals surface area contributed by atoms with Crippen LogP contribution in [0.4, 0.5) is 5.82 Å². The van der Waals surface area contributed by atoms with Crippen molar-refractivity contribution >= 4 is 5.82 Å². The number of benzene rings is 1. The standard InChI is InChI=1S/C17H19N3/c1-11-5-7-12(8-6-11)13-9-15(17(2,3)4)20-16(19)14(13)10-18/h5-9H,1-4H3,(H2,19,20)/p+1. The zero-order valence-electron chi connectivity index (χ0n) is 12.4. The molecule has 0 bridgehead atoms. The molecule has 0 atom stereocenters. The third-order valence-corrected chi connectivity index (χ3v) is 3.38. The molecule has 0 amide bonds. The maximum absolute atomic E-state index is 9.36. The number of nitrogens with one attached hydrogen (secondary N) is 1. The van der Waals surface area contributed by atoms with E-state index in [9.17, 15) is 5.26 Å². The Morgan fingerprint density at radius 1 is 1.15 bits per heavy atom. The van der Waals surface area contributed by atoms with Crippen LogP contribution < -0.4 is 10.7 Å². The molecule has 0 aliphatic heterocycles. The first-order valence-electron chi connectivity index (χ1n) is 6.66. The van der Waals surface area contributed by atoms with Crippen molar-refractivity contribution in [3.63, 3.8) is 0 Å². The van der Waals surface area contributed by atoms with Crippen LogP contribution in [0.3, 0.4) is 0 Å². The predicted molar refractivity (Wildman–Crippen MR) is 81.0 cm³/mol. The van der Waals surface area contributed by atoms with Crippen molar-refractivity contribution in [1.82, 2.24) is 0 Å². The minimum absolute atomic E-state index is 0.0540. The zero-order chi connectivity index (χ0) is 14.9. The molecule has 102 valence electrons. The number of anilines is 1. The van der Waals surface area contributed by atoms with Gasteiger partial charge in [-0.15, -0.1) is 0 Å². The number of pyridine rings is 1. The Hall–Kier alpha value is -2.34. The van der Waals surface area contributed by atoms with Crippen molar-refractivity contribution in [2.24, 2.45) is 0 Å². The van der Waals surface area contributed by atoms with Gasteiger partial charge < -0.3 is 0 Å². The van der Waals surface area contributed by atoms with Gasteiger partial charge in [-0.2, -0.15) is 5.26 Å². The maximum Gasteiger partial charge on any atom is 0.289 e. The smallest absolute Gasteiger partial charge is 0.286 e. The Labute approximate surface area is 120 Å². The number of nitriles is 1. The van der Waals surface area contributed by atoms with E-state index in [-0.39, 0.29) is 5.41 Å². The molecule has 0 aliphatic carbocycles. The first kappa shape index (κ1) is 14.1. The molecule has 1 heterocycles. The van der Waals surface area contributed by atoms with Crippen molar-refractivity contribution in [2.75, 3.05) is 5.73 Å². The lowest BCUT2D eigenvalue weighted by Crippen LogP contribution is -2.27. The molecule has 0 unspecified atom stereocenters. The summed E-state index contributed by atoms with van der Waals surface area (Å²) in [7, 11) is 0. The van der Waals surface area contributed by atoms with Gasteiger partial charge in [0.15, 0.2) is 0 Å². The molecule has 3 nitrogen and oxygen atoms in total. The molecule has 0 aliphatic rings. The molecule has 1 aromatic carbocycles. The van der Waals surface area contributed by atoms with Crippen LogP contribution in [0.1, 0.15) is 37.6 Å². The normalized spacial score (nSPS) is 11.2. The number of aromatic amines is 1. The van der Waals surface area contributed by atoms with Crippen molar-refractivity contribution in [3.8, 4) is 17.2 Å². The van der Waals surface area contributed by atoms with E-state index in [0.717, 1.165) is 16.8 Å². The van der Waals surface area contributed by atoms with Gasteiger partial charge in [0.25, 0.3) is 5.82 Å². The fraction of sp³-hybridized carbons (Fsp3) is 0.294. The summed E-state index contributed by atoms with van der Waals surface area (Å²) < 4.78 is 0. The van der Waals surface area contributed by atoms with Crippen LogP contribution in [0.2, 0.25) is 0 Å². The minimum Gasteiger partial charge on any atom is -0.286 e. The molecular formula is C17H20N3+. The van der Waals surface area contributed by atoms with Crippen LogP contribution in [0.5, 0.6) is 0 Å². The highest BCUT2D eigenvalue weighted by Gasteiger charge is 2.23. The highest BCUT2D eigenvalue weighted by molar-refractivity contribution is 5.74. The van der Waals surface area contributed by atoms with E-state index in [1.54, 1.807) is 0 Å². The second-order valence-electron chi connectivity index (χ2n) is 6.11. The van der Waals surface area contributed by atoms with E-state index in [1.165, 1.54) is 5.56 Å². The zero-order valence-corrected chi connectivity index (χ0v) is 12.4. The monoisotopic (exact) mass is 266 g/mol. The van der Waals surface area contributed by atoms with Crippen LogP contribution >= 0.6 is 0 Å². The summed E-state index contributed by atoms with van der Waals surface area (Å²) in [6, 6.07) is 12.4. The van der Waals surface area contributed by atoms with E-state index < -0.39 is 0 Å². The van der Waals surface area contributed by atoms with E-state index in [2.05, 4.69) is 31.8 Å². The number of hydrogen-bond acceptors (Lipinski definition) is 2. The van der Waals surface area contributed by atoms with Crippen LogP contribution in [-0.2, 0) is 5.41 Å². The second-order valence-corrected chi connectivity index (χ2v) is 6.11. The summed E-state index contributed by atoms with van der Waals surface area (Å²) in [4.78, 5) is 3.14. The highest BCUT2D eigenvalue weighted by Crippen LogP contribution is 2.29. The molecule has 20 heavy (non-hydrogen) atoms. The number of hydrogen-bond donors (Lipinski definition) is 1. The fourth-order valence-corrected chi connectivity index (χ4v) is 2.09. The fourth-order valence-electron chi connectivity index (χ4n) is 2.09. The summed E-state index contributed by atoms with van der Waals surface area (Å²) in [5, 5.41) is 9.36. The Bertz CT molecular complexity index is 671. The number of rotatable bonds is 1. The molecule has 2 rings (SSSR count). The Balaban J connectivity index is 2.70. The average Bonchev–Trinajstić information content (AvgIpc) is 2.37. The lowest BCUT2D eigenvalue weighted by Gasteiger charge is -2.17. The SMILES string of the molecule is Cc1ccc(-c2cc(C(C)(C)C)[nH+]c(N)c2C#N)cc1. The van der Waals surface area contributed by atoms with Gasteiger partial charge in [0.1, 0.15) is 17.3 Å². The summed E-state index contributed by atoms with van der Waals surface area (Å²) >= 11 is 0. The van der Waals surface area contributed by atoms with Gasteiger partial charge in [0.2, 0.25) is 0 Å². The largest absolute Gasteiger partial charge is 0.289 e. The van der Waals surface area contributed by atoms with Gasteiger partial charge >= 0.3 is 0 Å². The van der Waals surface area contributed by atoms with E-state index >= 15 is 0 Å². The van der Waals surface area contributed by atoms with Crippen LogP contribution in [0, 0.1) is 18.3 Å². The van der Waals surface area contributed by atoms with E-state index in [4.69, 9.17) is 5.73 Å². The topological polar surface area (TPSA) is 63.9 Å². The van der Waals surface area contributed by atoms with Crippen LogP contribution in [-0.4, -0.2) is 0 Å². The molecule has 0 saturated heterocycles. The van der Waals surface area contributed by atoms with Gasteiger partial charge in [-0.3, -0.25) is 5.73 Å². The van der Waals surface area contributed by atoms with Crippen molar-refractivity contribution in [1.29, 1.82) is 5.26 Å². The van der Waals surface area contributed by atoms with Gasteiger partial charge in [-0.1, -0.05) is 50.6 Å². The van der Waals surface area contributed by atoms with Crippen molar-refractivity contribution in [2.45, 2.75) is 33.1 Å². The van der Waals surface area contributed by atoms with Crippen LogP contribution in [0.15, 0.2) is 30.3 Å².